The van der Waals surface area contributed by atoms with Gasteiger partial charge in [-0.3, -0.25) is 0 Å². The molecule has 2 unspecified atom stereocenters. The summed E-state index contributed by atoms with van der Waals surface area (Å²) >= 11 is 0. The predicted molar refractivity (Wildman–Crippen MR) is 77.9 cm³/mol. The van der Waals surface area contributed by atoms with Crippen LogP contribution in [0.15, 0.2) is 36.9 Å². The average molecular weight is 247 g/mol. The van der Waals surface area contributed by atoms with Gasteiger partial charge >= 0.3 is 0 Å². The number of nitrogens with one attached hydrogen (secondary N) is 1. The van der Waals surface area contributed by atoms with E-state index >= 15 is 0 Å². The summed E-state index contributed by atoms with van der Waals surface area (Å²) in [5.74, 6) is 0.336. The first-order chi connectivity index (χ1) is 8.61. The molecule has 100 valence electrons. The molecule has 1 aromatic rings. The van der Waals surface area contributed by atoms with Crippen LogP contribution in [0.5, 0.6) is 5.75 Å². The maximum Gasteiger partial charge on any atom is 0.115 e. The number of allylic oxidation sites excluding steroid dienone is 1. The lowest BCUT2D eigenvalue weighted by Gasteiger charge is -2.19. The molecule has 0 aliphatic rings. The quantitative estimate of drug-likeness (QED) is 0.687. The first-order valence-corrected chi connectivity index (χ1v) is 6.76. The molecule has 0 amide bonds. The van der Waals surface area contributed by atoms with Crippen LogP contribution in [0.4, 0.5) is 0 Å². The van der Waals surface area contributed by atoms with Gasteiger partial charge in [-0.2, -0.15) is 0 Å². The Kier molecular flexibility index (Phi) is 6.51. The minimum Gasteiger partial charge on any atom is -0.508 e. The van der Waals surface area contributed by atoms with E-state index in [1.807, 2.05) is 18.2 Å². The predicted octanol–water partition coefficient (Wildman–Crippen LogP) is 3.66. The summed E-state index contributed by atoms with van der Waals surface area (Å²) in [6.45, 7) is 8.20. The maximum atomic E-state index is 9.22. The van der Waals surface area contributed by atoms with E-state index in [9.17, 15) is 5.11 Å². The minimum absolute atomic E-state index is 0.336. The zero-order chi connectivity index (χ0) is 13.4. The first-order valence-electron chi connectivity index (χ1n) is 6.76. The highest BCUT2D eigenvalue weighted by molar-refractivity contribution is 5.25. The fourth-order valence-electron chi connectivity index (χ4n) is 2.07. The first kappa shape index (κ1) is 14.8. The molecule has 2 heteroatoms. The van der Waals surface area contributed by atoms with Crippen molar-refractivity contribution in [3.05, 3.63) is 42.5 Å². The second kappa shape index (κ2) is 7.93. The molecule has 1 aromatic carbocycles. The number of aromatic hydroxyl groups is 1. The molecule has 0 saturated heterocycles. The lowest BCUT2D eigenvalue weighted by atomic mass is 10.0. The Morgan fingerprint density at radius 2 is 1.78 bits per heavy atom. The SMILES string of the molecule is C=CCCC(C)NC(C)CCc1ccc(O)cc1. The normalized spacial score (nSPS) is 14.1. The number of rotatable bonds is 8. The van der Waals surface area contributed by atoms with Gasteiger partial charge < -0.3 is 10.4 Å². The number of hydrogen-bond donors (Lipinski definition) is 2. The summed E-state index contributed by atoms with van der Waals surface area (Å²) in [5, 5.41) is 12.8. The molecule has 0 aromatic heterocycles. The molecule has 0 bridgehead atoms. The third kappa shape index (κ3) is 5.87. The summed E-state index contributed by atoms with van der Waals surface area (Å²) in [7, 11) is 0. The highest BCUT2D eigenvalue weighted by atomic mass is 16.3. The molecule has 0 spiro atoms. The standard InChI is InChI=1S/C16H25NO/c1-4-5-6-13(2)17-14(3)7-8-15-9-11-16(18)12-10-15/h4,9-14,17-18H,1,5-8H2,2-3H3. The molecular weight excluding hydrogens is 222 g/mol. The second-order valence-electron chi connectivity index (χ2n) is 5.04. The number of phenolic OH excluding ortho intramolecular Hbond substituents is 1. The van der Waals surface area contributed by atoms with Crippen LogP contribution in [-0.2, 0) is 6.42 Å². The topological polar surface area (TPSA) is 32.3 Å². The molecule has 0 aliphatic heterocycles. The van der Waals surface area contributed by atoms with Crippen molar-refractivity contribution >= 4 is 0 Å². The Morgan fingerprint density at radius 1 is 1.17 bits per heavy atom. The number of phenols is 1. The monoisotopic (exact) mass is 247 g/mol. The third-order valence-corrected chi connectivity index (χ3v) is 3.18. The molecule has 0 aliphatic carbocycles. The molecule has 2 nitrogen and oxygen atoms in total. The van der Waals surface area contributed by atoms with E-state index in [1.165, 1.54) is 5.56 Å². The van der Waals surface area contributed by atoms with Crippen LogP contribution in [0, 0.1) is 0 Å². The Morgan fingerprint density at radius 3 is 2.39 bits per heavy atom. The number of hydrogen-bond acceptors (Lipinski definition) is 2. The lowest BCUT2D eigenvalue weighted by Crippen LogP contribution is -2.34. The molecule has 1 rings (SSSR count). The van der Waals surface area contributed by atoms with Crippen molar-refractivity contribution in [2.45, 2.75) is 51.6 Å². The van der Waals surface area contributed by atoms with Crippen LogP contribution in [0.25, 0.3) is 0 Å². The van der Waals surface area contributed by atoms with Crippen molar-refractivity contribution in [1.82, 2.24) is 5.32 Å². The van der Waals surface area contributed by atoms with E-state index < -0.39 is 0 Å². The van der Waals surface area contributed by atoms with Crippen molar-refractivity contribution in [3.63, 3.8) is 0 Å². The van der Waals surface area contributed by atoms with Crippen LogP contribution in [0.2, 0.25) is 0 Å². The number of aryl methyl sites for hydroxylation is 1. The van der Waals surface area contributed by atoms with Crippen LogP contribution >= 0.6 is 0 Å². The highest BCUT2D eigenvalue weighted by Crippen LogP contribution is 2.12. The van der Waals surface area contributed by atoms with Gasteiger partial charge in [0.1, 0.15) is 5.75 Å². The van der Waals surface area contributed by atoms with Crippen molar-refractivity contribution in [2.75, 3.05) is 0 Å². The molecular formula is C16H25NO. The highest BCUT2D eigenvalue weighted by Gasteiger charge is 2.06. The van der Waals surface area contributed by atoms with E-state index in [0.29, 0.717) is 17.8 Å². The Bertz CT molecular complexity index is 345. The van der Waals surface area contributed by atoms with Crippen LogP contribution in [0.1, 0.15) is 38.7 Å². The van der Waals surface area contributed by atoms with E-state index in [1.54, 1.807) is 12.1 Å². The Labute approximate surface area is 111 Å². The third-order valence-electron chi connectivity index (χ3n) is 3.18. The van der Waals surface area contributed by atoms with Gasteiger partial charge in [-0.05, 0) is 57.2 Å². The van der Waals surface area contributed by atoms with Gasteiger partial charge in [-0.25, -0.2) is 0 Å². The molecule has 2 atom stereocenters. The van der Waals surface area contributed by atoms with Crippen molar-refractivity contribution in [1.29, 1.82) is 0 Å². The van der Waals surface area contributed by atoms with Gasteiger partial charge in [-0.15, -0.1) is 6.58 Å². The van der Waals surface area contributed by atoms with Crippen molar-refractivity contribution in [2.24, 2.45) is 0 Å². The van der Waals surface area contributed by atoms with E-state index in [-0.39, 0.29) is 0 Å². The Balaban J connectivity index is 2.25. The Hall–Kier alpha value is -1.28. The van der Waals surface area contributed by atoms with Gasteiger partial charge in [-0.1, -0.05) is 18.2 Å². The van der Waals surface area contributed by atoms with Gasteiger partial charge in [0.25, 0.3) is 0 Å². The van der Waals surface area contributed by atoms with Crippen LogP contribution in [-0.4, -0.2) is 17.2 Å². The van der Waals surface area contributed by atoms with Crippen molar-refractivity contribution in [3.8, 4) is 5.75 Å². The zero-order valence-corrected chi connectivity index (χ0v) is 11.5. The van der Waals surface area contributed by atoms with Gasteiger partial charge in [0.2, 0.25) is 0 Å². The summed E-state index contributed by atoms with van der Waals surface area (Å²) < 4.78 is 0. The second-order valence-corrected chi connectivity index (χ2v) is 5.04. The van der Waals surface area contributed by atoms with Gasteiger partial charge in [0.15, 0.2) is 0 Å². The summed E-state index contributed by atoms with van der Waals surface area (Å²) in [6, 6.07) is 8.53. The summed E-state index contributed by atoms with van der Waals surface area (Å²) in [4.78, 5) is 0. The number of benzene rings is 1. The average Bonchev–Trinajstić information content (AvgIpc) is 2.35. The fourth-order valence-corrected chi connectivity index (χ4v) is 2.07. The zero-order valence-electron chi connectivity index (χ0n) is 11.5. The molecule has 18 heavy (non-hydrogen) atoms. The molecule has 0 saturated carbocycles. The van der Waals surface area contributed by atoms with Crippen molar-refractivity contribution < 1.29 is 5.11 Å². The summed E-state index contributed by atoms with van der Waals surface area (Å²) in [6.07, 6.45) is 6.34. The summed E-state index contributed by atoms with van der Waals surface area (Å²) in [5.41, 5.74) is 1.28. The largest absolute Gasteiger partial charge is 0.508 e. The molecule has 0 fully saturated rings. The maximum absolute atomic E-state index is 9.22. The molecule has 0 heterocycles. The van der Waals surface area contributed by atoms with E-state index in [4.69, 9.17) is 0 Å². The lowest BCUT2D eigenvalue weighted by molar-refractivity contribution is 0.430. The van der Waals surface area contributed by atoms with Gasteiger partial charge in [0, 0.05) is 12.1 Å². The van der Waals surface area contributed by atoms with Crippen LogP contribution in [0.3, 0.4) is 0 Å². The molecule has 0 radical (unpaired) electrons. The van der Waals surface area contributed by atoms with Crippen LogP contribution < -0.4 is 5.32 Å². The van der Waals surface area contributed by atoms with E-state index in [2.05, 4.69) is 25.7 Å². The smallest absolute Gasteiger partial charge is 0.115 e. The minimum atomic E-state index is 0.336. The fraction of sp³-hybridized carbons (Fsp3) is 0.500. The van der Waals surface area contributed by atoms with Gasteiger partial charge in [0.05, 0.1) is 0 Å². The molecule has 2 N–H and O–H groups in total. The van der Waals surface area contributed by atoms with E-state index in [0.717, 1.165) is 25.7 Å².